The van der Waals surface area contributed by atoms with Gasteiger partial charge in [0.05, 0.1) is 25.4 Å². The van der Waals surface area contributed by atoms with Crippen LogP contribution in [0.3, 0.4) is 0 Å². The van der Waals surface area contributed by atoms with Crippen LogP contribution in [0.2, 0.25) is 0 Å². The maximum absolute atomic E-state index is 12.2. The van der Waals surface area contributed by atoms with Crippen LogP contribution < -0.4 is 5.32 Å². The third-order valence-corrected chi connectivity index (χ3v) is 4.79. The van der Waals surface area contributed by atoms with Gasteiger partial charge in [-0.25, -0.2) is 0 Å². The minimum atomic E-state index is 0.0641. The molecule has 1 aromatic rings. The molecule has 0 aliphatic carbocycles. The normalized spacial score (nSPS) is 23.3. The topological polar surface area (TPSA) is 63.9 Å². The molecule has 0 aromatic carbocycles. The van der Waals surface area contributed by atoms with Gasteiger partial charge in [0.15, 0.2) is 0 Å². The van der Waals surface area contributed by atoms with Crippen molar-refractivity contribution in [1.29, 1.82) is 0 Å². The smallest absolute Gasteiger partial charge is 0.220 e. The van der Waals surface area contributed by atoms with E-state index in [4.69, 9.17) is 13.9 Å². The molecule has 2 fully saturated rings. The molecule has 2 aliphatic heterocycles. The number of rotatable bonds is 7. The molecule has 0 saturated carbocycles. The van der Waals surface area contributed by atoms with Crippen molar-refractivity contribution in [2.45, 2.75) is 44.8 Å². The molecule has 134 valence electrons. The zero-order chi connectivity index (χ0) is 16.8. The number of furan rings is 1. The fourth-order valence-electron chi connectivity index (χ4n) is 3.39. The third-order valence-electron chi connectivity index (χ3n) is 4.79. The number of carbonyl (C=O) groups excluding carboxylic acids is 1. The second-order valence-electron chi connectivity index (χ2n) is 6.59. The van der Waals surface area contributed by atoms with Gasteiger partial charge in [0, 0.05) is 32.7 Å². The lowest BCUT2D eigenvalue weighted by Crippen LogP contribution is -2.43. The number of amides is 1. The SMILES string of the molecule is Cc1ccc(C(CNC(=O)CCC2CCCO2)N2CCOCC2)o1. The van der Waals surface area contributed by atoms with Crippen LogP contribution in [0.1, 0.15) is 43.2 Å². The van der Waals surface area contributed by atoms with Gasteiger partial charge in [-0.15, -0.1) is 0 Å². The van der Waals surface area contributed by atoms with E-state index in [0.29, 0.717) is 13.0 Å². The van der Waals surface area contributed by atoms with Crippen LogP contribution in [0.5, 0.6) is 0 Å². The van der Waals surface area contributed by atoms with Crippen LogP contribution >= 0.6 is 0 Å². The summed E-state index contributed by atoms with van der Waals surface area (Å²) in [6.07, 6.45) is 3.79. The Morgan fingerprint density at radius 1 is 1.33 bits per heavy atom. The van der Waals surface area contributed by atoms with Crippen molar-refractivity contribution >= 4 is 5.91 Å². The molecule has 2 atom stereocenters. The summed E-state index contributed by atoms with van der Waals surface area (Å²) in [5.74, 6) is 1.90. The summed E-state index contributed by atoms with van der Waals surface area (Å²) in [5, 5.41) is 3.07. The molecule has 2 aliphatic rings. The summed E-state index contributed by atoms with van der Waals surface area (Å²) in [5.41, 5.74) is 0. The second kappa shape index (κ2) is 8.65. The molecule has 0 bridgehead atoms. The first-order valence-corrected chi connectivity index (χ1v) is 8.99. The van der Waals surface area contributed by atoms with Gasteiger partial charge >= 0.3 is 0 Å². The van der Waals surface area contributed by atoms with Crippen molar-refractivity contribution in [2.75, 3.05) is 39.5 Å². The number of hydrogen-bond donors (Lipinski definition) is 1. The Morgan fingerprint density at radius 3 is 2.83 bits per heavy atom. The summed E-state index contributed by atoms with van der Waals surface area (Å²) in [7, 11) is 0. The van der Waals surface area contributed by atoms with Crippen molar-refractivity contribution in [1.82, 2.24) is 10.2 Å². The van der Waals surface area contributed by atoms with E-state index in [0.717, 1.165) is 63.7 Å². The monoisotopic (exact) mass is 336 g/mol. The zero-order valence-electron chi connectivity index (χ0n) is 14.5. The molecule has 3 heterocycles. The quantitative estimate of drug-likeness (QED) is 0.825. The van der Waals surface area contributed by atoms with E-state index < -0.39 is 0 Å². The van der Waals surface area contributed by atoms with Crippen LogP contribution in [0.25, 0.3) is 0 Å². The van der Waals surface area contributed by atoms with Gasteiger partial charge in [0.1, 0.15) is 11.5 Å². The van der Waals surface area contributed by atoms with Crippen molar-refractivity contribution in [2.24, 2.45) is 0 Å². The minimum absolute atomic E-state index is 0.0641. The third kappa shape index (κ3) is 4.82. The van der Waals surface area contributed by atoms with Crippen LogP contribution in [0, 0.1) is 6.92 Å². The molecule has 3 rings (SSSR count). The molecule has 1 N–H and O–H groups in total. The molecule has 24 heavy (non-hydrogen) atoms. The Morgan fingerprint density at radius 2 is 2.17 bits per heavy atom. The van der Waals surface area contributed by atoms with Crippen molar-refractivity contribution < 1.29 is 18.7 Å². The van der Waals surface area contributed by atoms with Crippen molar-refractivity contribution in [3.8, 4) is 0 Å². The highest BCUT2D eigenvalue weighted by atomic mass is 16.5. The largest absolute Gasteiger partial charge is 0.465 e. The Labute approximate surface area is 143 Å². The van der Waals surface area contributed by atoms with Crippen LogP contribution in [0.15, 0.2) is 16.5 Å². The average molecular weight is 336 g/mol. The lowest BCUT2D eigenvalue weighted by Gasteiger charge is -2.33. The second-order valence-corrected chi connectivity index (χ2v) is 6.59. The molecule has 6 heteroatoms. The van der Waals surface area contributed by atoms with Gasteiger partial charge in [-0.1, -0.05) is 0 Å². The van der Waals surface area contributed by atoms with E-state index in [1.165, 1.54) is 0 Å². The molecule has 6 nitrogen and oxygen atoms in total. The summed E-state index contributed by atoms with van der Waals surface area (Å²) in [6, 6.07) is 4.05. The fraction of sp³-hybridized carbons (Fsp3) is 0.722. The molecule has 2 saturated heterocycles. The number of aryl methyl sites for hydroxylation is 1. The Bertz CT molecular complexity index is 519. The Balaban J connectivity index is 1.52. The first kappa shape index (κ1) is 17.5. The maximum atomic E-state index is 12.2. The van der Waals surface area contributed by atoms with E-state index in [9.17, 15) is 4.79 Å². The molecule has 0 spiro atoms. The summed E-state index contributed by atoms with van der Waals surface area (Å²) < 4.78 is 16.8. The number of nitrogens with one attached hydrogen (secondary N) is 1. The number of nitrogens with zero attached hydrogens (tertiary/aromatic N) is 1. The van der Waals surface area contributed by atoms with Gasteiger partial charge in [-0.2, -0.15) is 0 Å². The maximum Gasteiger partial charge on any atom is 0.220 e. The first-order chi connectivity index (χ1) is 11.7. The number of ether oxygens (including phenoxy) is 2. The summed E-state index contributed by atoms with van der Waals surface area (Å²) >= 11 is 0. The highest BCUT2D eigenvalue weighted by molar-refractivity contribution is 5.75. The molecular formula is C18H28N2O4. The van der Waals surface area contributed by atoms with Crippen molar-refractivity contribution in [3.63, 3.8) is 0 Å². The van der Waals surface area contributed by atoms with Crippen LogP contribution in [-0.4, -0.2) is 56.4 Å². The zero-order valence-corrected chi connectivity index (χ0v) is 14.5. The van der Waals surface area contributed by atoms with Crippen LogP contribution in [-0.2, 0) is 14.3 Å². The van der Waals surface area contributed by atoms with Crippen LogP contribution in [0.4, 0.5) is 0 Å². The average Bonchev–Trinajstić information content (AvgIpc) is 3.26. The highest BCUT2D eigenvalue weighted by Crippen LogP contribution is 2.23. The molecular weight excluding hydrogens is 308 g/mol. The number of hydrogen-bond acceptors (Lipinski definition) is 5. The lowest BCUT2D eigenvalue weighted by atomic mass is 10.1. The predicted molar refractivity (Wildman–Crippen MR) is 89.8 cm³/mol. The number of carbonyl (C=O) groups is 1. The van der Waals surface area contributed by atoms with Gasteiger partial charge in [-0.3, -0.25) is 9.69 Å². The van der Waals surface area contributed by atoms with Gasteiger partial charge in [0.25, 0.3) is 0 Å². The molecule has 0 radical (unpaired) electrons. The first-order valence-electron chi connectivity index (χ1n) is 8.99. The van der Waals surface area contributed by atoms with Gasteiger partial charge in [-0.05, 0) is 38.3 Å². The number of morpholine rings is 1. The van der Waals surface area contributed by atoms with Gasteiger partial charge in [0.2, 0.25) is 5.91 Å². The molecule has 1 amide bonds. The lowest BCUT2D eigenvalue weighted by molar-refractivity contribution is -0.122. The minimum Gasteiger partial charge on any atom is -0.465 e. The van der Waals surface area contributed by atoms with E-state index in [1.54, 1.807) is 0 Å². The van der Waals surface area contributed by atoms with E-state index in [-0.39, 0.29) is 18.1 Å². The Kier molecular flexibility index (Phi) is 6.29. The van der Waals surface area contributed by atoms with E-state index >= 15 is 0 Å². The molecule has 1 aromatic heterocycles. The van der Waals surface area contributed by atoms with Crippen molar-refractivity contribution in [3.05, 3.63) is 23.7 Å². The fourth-order valence-corrected chi connectivity index (χ4v) is 3.39. The summed E-state index contributed by atoms with van der Waals surface area (Å²) in [6.45, 7) is 6.51. The molecule has 2 unspecified atom stereocenters. The van der Waals surface area contributed by atoms with Gasteiger partial charge < -0.3 is 19.2 Å². The standard InChI is InChI=1S/C18H28N2O4/c1-14-4-6-17(24-14)16(20-8-11-22-12-9-20)13-19-18(21)7-5-15-3-2-10-23-15/h4,6,15-16H,2-3,5,7-13H2,1H3,(H,19,21). The Hall–Kier alpha value is -1.37. The van der Waals surface area contributed by atoms with E-state index in [1.807, 2.05) is 19.1 Å². The summed E-state index contributed by atoms with van der Waals surface area (Å²) in [4.78, 5) is 14.5. The predicted octanol–water partition coefficient (Wildman–Crippen LogP) is 2.04. The highest BCUT2D eigenvalue weighted by Gasteiger charge is 2.26. The van der Waals surface area contributed by atoms with E-state index in [2.05, 4.69) is 10.2 Å².